The van der Waals surface area contributed by atoms with Gasteiger partial charge in [0, 0.05) is 11.8 Å². The number of sulfonamides is 1. The zero-order valence-electron chi connectivity index (χ0n) is 15.0. The predicted octanol–water partition coefficient (Wildman–Crippen LogP) is 4.03. The maximum Gasteiger partial charge on any atom is 0.261 e. The zero-order chi connectivity index (χ0) is 20.1. The van der Waals surface area contributed by atoms with E-state index in [0.717, 1.165) is 0 Å². The van der Waals surface area contributed by atoms with E-state index in [0.29, 0.717) is 5.69 Å². The van der Waals surface area contributed by atoms with E-state index < -0.39 is 15.9 Å². The Morgan fingerprint density at radius 3 is 2.50 bits per heavy atom. The number of pyridine rings is 1. The van der Waals surface area contributed by atoms with Crippen LogP contribution in [-0.4, -0.2) is 19.3 Å². The summed E-state index contributed by atoms with van der Waals surface area (Å²) >= 11 is 6.02. The number of amides is 1. The third-order valence-corrected chi connectivity index (χ3v) is 5.70. The van der Waals surface area contributed by atoms with Crippen molar-refractivity contribution in [2.75, 3.05) is 4.72 Å². The Kier molecular flexibility index (Phi) is 5.96. The number of hydrogen-bond acceptors (Lipinski definition) is 4. The highest BCUT2D eigenvalue weighted by molar-refractivity contribution is 7.92. The largest absolute Gasteiger partial charge is 0.344 e. The van der Waals surface area contributed by atoms with E-state index in [1.165, 1.54) is 18.2 Å². The minimum atomic E-state index is -3.90. The Hall–Kier alpha value is -2.90. The quantitative estimate of drug-likeness (QED) is 0.636. The van der Waals surface area contributed by atoms with Gasteiger partial charge >= 0.3 is 0 Å². The molecule has 1 aromatic heterocycles. The van der Waals surface area contributed by atoms with Gasteiger partial charge in [-0.15, -0.1) is 0 Å². The molecule has 28 heavy (non-hydrogen) atoms. The lowest BCUT2D eigenvalue weighted by Gasteiger charge is -2.14. The lowest BCUT2D eigenvalue weighted by atomic mass is 10.1. The standard InChI is InChI=1S/C20H18ClN3O3S/c1-14(18-10-4-5-12-22-18)23-20(25)15-7-6-8-16(13-15)28(26,27)24-19-11-3-2-9-17(19)21/h2-14,24H,1H3,(H,23,25)/t14-/m1/s1. The van der Waals surface area contributed by atoms with Crippen molar-refractivity contribution in [2.45, 2.75) is 17.9 Å². The number of nitrogens with zero attached hydrogens (tertiary/aromatic N) is 1. The number of rotatable bonds is 6. The molecule has 3 aromatic rings. The molecule has 3 rings (SSSR count). The number of benzene rings is 2. The summed E-state index contributed by atoms with van der Waals surface area (Å²) < 4.78 is 27.8. The van der Waals surface area contributed by atoms with Gasteiger partial charge in [0.1, 0.15) is 0 Å². The highest BCUT2D eigenvalue weighted by Crippen LogP contribution is 2.24. The summed E-state index contributed by atoms with van der Waals surface area (Å²) in [6.07, 6.45) is 1.64. The summed E-state index contributed by atoms with van der Waals surface area (Å²) in [6, 6.07) is 17.4. The maximum absolute atomic E-state index is 12.7. The fraction of sp³-hybridized carbons (Fsp3) is 0.100. The van der Waals surface area contributed by atoms with Crippen molar-refractivity contribution in [2.24, 2.45) is 0 Å². The van der Waals surface area contributed by atoms with Crippen LogP contribution in [-0.2, 0) is 10.0 Å². The molecule has 0 aliphatic carbocycles. The lowest BCUT2D eigenvalue weighted by Crippen LogP contribution is -2.27. The number of aromatic nitrogens is 1. The molecule has 2 aromatic carbocycles. The molecule has 0 spiro atoms. The summed E-state index contributed by atoms with van der Waals surface area (Å²) in [4.78, 5) is 16.7. The summed E-state index contributed by atoms with van der Waals surface area (Å²) in [5.74, 6) is -0.395. The molecule has 6 nitrogen and oxygen atoms in total. The van der Waals surface area contributed by atoms with Crippen LogP contribution in [0.15, 0.2) is 77.8 Å². The number of anilines is 1. The topological polar surface area (TPSA) is 88.2 Å². The molecule has 0 saturated heterocycles. The van der Waals surface area contributed by atoms with Gasteiger partial charge in [-0.3, -0.25) is 14.5 Å². The average molecular weight is 416 g/mol. The monoisotopic (exact) mass is 415 g/mol. The van der Waals surface area contributed by atoms with Crippen LogP contribution in [0, 0.1) is 0 Å². The van der Waals surface area contributed by atoms with Crippen LogP contribution in [0.3, 0.4) is 0 Å². The first-order valence-electron chi connectivity index (χ1n) is 8.46. The summed E-state index contributed by atoms with van der Waals surface area (Å²) in [7, 11) is -3.90. The van der Waals surface area contributed by atoms with Gasteiger partial charge in [0.15, 0.2) is 0 Å². The Morgan fingerprint density at radius 2 is 1.79 bits per heavy atom. The highest BCUT2D eigenvalue weighted by Gasteiger charge is 2.18. The number of hydrogen-bond donors (Lipinski definition) is 2. The molecule has 0 aliphatic rings. The fourth-order valence-corrected chi connectivity index (χ4v) is 3.90. The van der Waals surface area contributed by atoms with Crippen LogP contribution in [0.5, 0.6) is 0 Å². The second kappa shape index (κ2) is 8.41. The van der Waals surface area contributed by atoms with E-state index in [1.54, 1.807) is 55.6 Å². The first kappa shape index (κ1) is 19.9. The molecular formula is C20H18ClN3O3S. The van der Waals surface area contributed by atoms with Crippen molar-refractivity contribution >= 4 is 33.2 Å². The second-order valence-corrected chi connectivity index (χ2v) is 8.15. The number of halogens is 1. The first-order chi connectivity index (χ1) is 13.4. The molecule has 2 N–H and O–H groups in total. The smallest absolute Gasteiger partial charge is 0.261 e. The van der Waals surface area contributed by atoms with Gasteiger partial charge in [-0.2, -0.15) is 0 Å². The predicted molar refractivity (Wildman–Crippen MR) is 109 cm³/mol. The SMILES string of the molecule is C[C@@H](NC(=O)c1cccc(S(=O)(=O)Nc2ccccc2Cl)c1)c1ccccn1. The Balaban J connectivity index is 1.79. The van der Waals surface area contributed by atoms with Crippen LogP contribution >= 0.6 is 11.6 Å². The van der Waals surface area contributed by atoms with Crippen molar-refractivity contribution in [3.05, 3.63) is 89.2 Å². The van der Waals surface area contributed by atoms with Crippen molar-refractivity contribution < 1.29 is 13.2 Å². The Bertz CT molecular complexity index is 1090. The maximum atomic E-state index is 12.7. The number of carbonyl (C=O) groups excluding carboxylic acids is 1. The van der Waals surface area contributed by atoms with Crippen molar-refractivity contribution in [3.63, 3.8) is 0 Å². The summed E-state index contributed by atoms with van der Waals surface area (Å²) in [5, 5.41) is 3.09. The molecule has 8 heteroatoms. The normalized spacial score (nSPS) is 12.2. The molecule has 144 valence electrons. The van der Waals surface area contributed by atoms with Gasteiger partial charge < -0.3 is 5.32 Å². The van der Waals surface area contributed by atoms with E-state index >= 15 is 0 Å². The zero-order valence-corrected chi connectivity index (χ0v) is 16.5. The fourth-order valence-electron chi connectivity index (χ4n) is 2.54. The molecule has 1 heterocycles. The summed E-state index contributed by atoms with van der Waals surface area (Å²) in [6.45, 7) is 1.81. The molecule has 1 amide bonds. The van der Waals surface area contributed by atoms with Crippen LogP contribution in [0.25, 0.3) is 0 Å². The second-order valence-electron chi connectivity index (χ2n) is 6.06. The number of carbonyl (C=O) groups is 1. The molecular weight excluding hydrogens is 398 g/mol. The highest BCUT2D eigenvalue weighted by atomic mass is 35.5. The van der Waals surface area contributed by atoms with E-state index in [2.05, 4.69) is 15.0 Å². The Morgan fingerprint density at radius 1 is 1.04 bits per heavy atom. The van der Waals surface area contributed by atoms with Gasteiger partial charge in [0.2, 0.25) is 0 Å². The van der Waals surface area contributed by atoms with Crippen molar-refractivity contribution in [1.82, 2.24) is 10.3 Å². The van der Waals surface area contributed by atoms with Gasteiger partial charge in [-0.1, -0.05) is 35.9 Å². The molecule has 0 aliphatic heterocycles. The van der Waals surface area contributed by atoms with Crippen molar-refractivity contribution in [3.8, 4) is 0 Å². The van der Waals surface area contributed by atoms with Crippen LogP contribution in [0.4, 0.5) is 5.69 Å². The lowest BCUT2D eigenvalue weighted by molar-refractivity contribution is 0.0939. The van der Waals surface area contributed by atoms with Gasteiger partial charge in [0.05, 0.1) is 27.3 Å². The molecule has 0 bridgehead atoms. The van der Waals surface area contributed by atoms with E-state index in [4.69, 9.17) is 11.6 Å². The van der Waals surface area contributed by atoms with Gasteiger partial charge in [-0.05, 0) is 49.4 Å². The number of nitrogens with one attached hydrogen (secondary N) is 2. The summed E-state index contributed by atoms with van der Waals surface area (Å²) in [5.41, 5.74) is 1.20. The van der Waals surface area contributed by atoms with Gasteiger partial charge in [0.25, 0.3) is 15.9 Å². The molecule has 0 radical (unpaired) electrons. The van der Waals surface area contributed by atoms with E-state index in [1.807, 2.05) is 6.07 Å². The Labute approximate surface area is 168 Å². The first-order valence-corrected chi connectivity index (χ1v) is 10.3. The molecule has 1 atom stereocenters. The molecule has 0 fully saturated rings. The average Bonchev–Trinajstić information content (AvgIpc) is 2.70. The third kappa shape index (κ3) is 4.68. The van der Waals surface area contributed by atoms with Crippen LogP contribution in [0.1, 0.15) is 29.0 Å². The molecule has 0 unspecified atom stereocenters. The number of para-hydroxylation sites is 1. The van der Waals surface area contributed by atoms with Crippen LogP contribution < -0.4 is 10.0 Å². The van der Waals surface area contributed by atoms with Crippen LogP contribution in [0.2, 0.25) is 5.02 Å². The van der Waals surface area contributed by atoms with E-state index in [9.17, 15) is 13.2 Å². The molecule has 0 saturated carbocycles. The third-order valence-electron chi connectivity index (χ3n) is 4.00. The van der Waals surface area contributed by atoms with E-state index in [-0.39, 0.29) is 27.2 Å². The minimum absolute atomic E-state index is 0.0365. The van der Waals surface area contributed by atoms with Crippen molar-refractivity contribution in [1.29, 1.82) is 0 Å². The minimum Gasteiger partial charge on any atom is -0.344 e. The van der Waals surface area contributed by atoms with Gasteiger partial charge in [-0.25, -0.2) is 8.42 Å².